The van der Waals surface area contributed by atoms with Crippen molar-refractivity contribution < 1.29 is 48.0 Å². The maximum Gasteiger partial charge on any atom is 0.303 e. The minimum atomic E-state index is -1.14. The van der Waals surface area contributed by atoms with Gasteiger partial charge in [0.2, 0.25) is 11.8 Å². The molecule has 0 atom stereocenters. The molecule has 12 nitrogen and oxygen atoms in total. The van der Waals surface area contributed by atoms with Gasteiger partial charge < -0.3 is 35.1 Å². The molecule has 0 saturated heterocycles. The van der Waals surface area contributed by atoms with Crippen molar-refractivity contribution in [3.05, 3.63) is 78.7 Å². The Morgan fingerprint density at radius 2 is 1.30 bits per heavy atom. The van der Waals surface area contributed by atoms with Crippen LogP contribution in [-0.4, -0.2) is 53.2 Å². The lowest BCUT2D eigenvalue weighted by atomic mass is 10.0. The summed E-state index contributed by atoms with van der Waals surface area (Å²) in [5, 5.41) is 22.3. The summed E-state index contributed by atoms with van der Waals surface area (Å²) >= 11 is 0. The number of hydrogen-bond donors (Lipinski definition) is 4. The van der Waals surface area contributed by atoms with E-state index in [1.165, 1.54) is 24.3 Å². The number of anilines is 2. The van der Waals surface area contributed by atoms with Gasteiger partial charge in [-0.15, -0.1) is 0 Å². The number of aromatic nitrogens is 1. The summed E-state index contributed by atoms with van der Waals surface area (Å²) in [5.41, 5.74) is 0.517. The summed E-state index contributed by atoms with van der Waals surface area (Å²) in [6, 6.07) is 17.6. The Morgan fingerprint density at radius 3 is 1.80 bits per heavy atom. The van der Waals surface area contributed by atoms with Crippen LogP contribution in [0.1, 0.15) is 32.1 Å². The summed E-state index contributed by atoms with van der Waals surface area (Å²) in [6.07, 6.45) is 2.61. The molecule has 240 valence electrons. The van der Waals surface area contributed by atoms with E-state index >= 15 is 0 Å². The van der Waals surface area contributed by atoms with Crippen molar-refractivity contribution in [1.82, 2.24) is 4.98 Å². The van der Waals surface area contributed by atoms with Crippen LogP contribution in [-0.2, 0) is 19.2 Å². The molecular weight excluding hydrogens is 601 g/mol. The molecule has 0 bridgehead atoms. The molecule has 3 aromatic carbocycles. The number of benzene rings is 3. The highest BCUT2D eigenvalue weighted by Gasteiger charge is 2.56. The monoisotopic (exact) mass is 633 g/mol. The van der Waals surface area contributed by atoms with Crippen LogP contribution in [0.5, 0.6) is 23.0 Å². The topological polar surface area (TPSA) is 173 Å². The number of hydrogen-bond acceptors (Lipinski definition) is 8. The van der Waals surface area contributed by atoms with E-state index in [1.807, 2.05) is 0 Å². The fourth-order valence-electron chi connectivity index (χ4n) is 4.38. The summed E-state index contributed by atoms with van der Waals surface area (Å²) < 4.78 is 29.9. The van der Waals surface area contributed by atoms with Gasteiger partial charge in [0, 0.05) is 41.9 Å². The van der Waals surface area contributed by atoms with E-state index in [1.54, 1.807) is 62.9 Å². The molecule has 1 aromatic heterocycles. The van der Waals surface area contributed by atoms with E-state index in [2.05, 4.69) is 15.6 Å². The lowest BCUT2D eigenvalue weighted by Gasteiger charge is -2.16. The second-order valence-electron chi connectivity index (χ2n) is 10.3. The van der Waals surface area contributed by atoms with Crippen molar-refractivity contribution >= 4 is 46.0 Å². The maximum atomic E-state index is 13.1. The smallest absolute Gasteiger partial charge is 0.303 e. The maximum absolute atomic E-state index is 13.1. The van der Waals surface area contributed by atoms with Gasteiger partial charge >= 0.3 is 11.9 Å². The average Bonchev–Trinajstić information content (AvgIpc) is 3.85. The van der Waals surface area contributed by atoms with Crippen LogP contribution < -0.4 is 24.8 Å². The molecule has 1 aliphatic carbocycles. The SMILES string of the molecule is COc1cc2nccc(Oc3ccc(NC(=O)C4(C(=O)Nc5ccc(F)cc5)CC4)cc3)c2cc1OC.O=C(O)CCCC(=O)O. The fourth-order valence-corrected chi connectivity index (χ4v) is 4.38. The molecule has 4 N–H and O–H groups in total. The van der Waals surface area contributed by atoms with Gasteiger partial charge in [0.25, 0.3) is 0 Å². The van der Waals surface area contributed by atoms with E-state index in [-0.39, 0.29) is 25.2 Å². The largest absolute Gasteiger partial charge is 0.493 e. The van der Waals surface area contributed by atoms with Crippen molar-refractivity contribution in [2.75, 3.05) is 24.9 Å². The number of nitrogens with one attached hydrogen (secondary N) is 2. The average molecular weight is 634 g/mol. The number of carbonyl (C=O) groups excluding carboxylic acids is 2. The number of carbonyl (C=O) groups is 4. The third-order valence-corrected chi connectivity index (χ3v) is 7.05. The molecule has 1 fully saturated rings. The van der Waals surface area contributed by atoms with Crippen LogP contribution in [0, 0.1) is 11.2 Å². The molecule has 0 unspecified atom stereocenters. The van der Waals surface area contributed by atoms with Crippen LogP contribution in [0.2, 0.25) is 0 Å². The Kier molecular flexibility index (Phi) is 10.7. The number of methoxy groups -OCH3 is 2. The highest BCUT2D eigenvalue weighted by Crippen LogP contribution is 2.47. The molecule has 4 aromatic rings. The van der Waals surface area contributed by atoms with Gasteiger partial charge in [-0.25, -0.2) is 4.39 Å². The van der Waals surface area contributed by atoms with Crippen LogP contribution in [0.4, 0.5) is 15.8 Å². The van der Waals surface area contributed by atoms with Crippen molar-refractivity contribution in [3.63, 3.8) is 0 Å². The predicted molar refractivity (Wildman–Crippen MR) is 166 cm³/mol. The lowest BCUT2D eigenvalue weighted by Crippen LogP contribution is -2.35. The van der Waals surface area contributed by atoms with Crippen molar-refractivity contribution in [1.29, 1.82) is 0 Å². The number of carboxylic acid groups (broad SMARTS) is 2. The van der Waals surface area contributed by atoms with Gasteiger partial charge in [0.15, 0.2) is 11.5 Å². The standard InChI is InChI=1S/C28H24FN3O5.C5H8O4/c1-35-24-15-21-22(16-25(24)36-2)30-14-11-23(21)37-20-9-7-19(8-10-20)32-27(34)28(12-13-28)26(33)31-18-5-3-17(29)4-6-18;6-4(7)2-1-3-5(8)9/h3-11,14-16H,12-13H2,1-2H3,(H,31,33)(H,32,34);1-3H2,(H,6,7)(H,8,9). The normalized spacial score (nSPS) is 12.6. The molecular formula is C33H32FN3O9. The zero-order valence-corrected chi connectivity index (χ0v) is 25.0. The lowest BCUT2D eigenvalue weighted by molar-refractivity contribution is -0.139. The number of nitrogens with zero attached hydrogens (tertiary/aromatic N) is 1. The molecule has 5 rings (SSSR count). The molecule has 13 heteroatoms. The second-order valence-corrected chi connectivity index (χ2v) is 10.3. The first-order chi connectivity index (χ1) is 22.0. The van der Waals surface area contributed by atoms with E-state index < -0.39 is 29.1 Å². The Balaban J connectivity index is 0.000000468. The summed E-state index contributed by atoms with van der Waals surface area (Å²) in [7, 11) is 3.12. The molecule has 1 heterocycles. The van der Waals surface area contributed by atoms with Gasteiger partial charge in [-0.2, -0.15) is 0 Å². The molecule has 1 aliphatic rings. The number of rotatable bonds is 12. The molecule has 46 heavy (non-hydrogen) atoms. The van der Waals surface area contributed by atoms with Gasteiger partial charge in [0.05, 0.1) is 19.7 Å². The zero-order chi connectivity index (χ0) is 33.3. The van der Waals surface area contributed by atoms with Crippen molar-refractivity contribution in [3.8, 4) is 23.0 Å². The molecule has 0 spiro atoms. The predicted octanol–water partition coefficient (Wildman–Crippen LogP) is 5.87. The number of pyridine rings is 1. The van der Waals surface area contributed by atoms with Crippen LogP contribution in [0.3, 0.4) is 0 Å². The number of halogens is 1. The highest BCUT2D eigenvalue weighted by molar-refractivity contribution is 6.16. The summed E-state index contributed by atoms with van der Waals surface area (Å²) in [4.78, 5) is 49.6. The zero-order valence-electron chi connectivity index (χ0n) is 25.0. The second kappa shape index (κ2) is 14.8. The number of amides is 2. The van der Waals surface area contributed by atoms with Gasteiger partial charge in [0.1, 0.15) is 22.7 Å². The van der Waals surface area contributed by atoms with E-state index in [0.717, 1.165) is 5.39 Å². The highest BCUT2D eigenvalue weighted by atomic mass is 19.1. The van der Waals surface area contributed by atoms with E-state index in [4.69, 9.17) is 24.4 Å². The number of fused-ring (bicyclic) bond motifs is 1. The Labute approximate surface area is 263 Å². The van der Waals surface area contributed by atoms with Gasteiger partial charge in [-0.1, -0.05) is 0 Å². The number of ether oxygens (including phenoxy) is 3. The first kappa shape index (κ1) is 33.2. The van der Waals surface area contributed by atoms with E-state index in [9.17, 15) is 23.6 Å². The molecule has 1 saturated carbocycles. The van der Waals surface area contributed by atoms with Crippen molar-refractivity contribution in [2.24, 2.45) is 5.41 Å². The third kappa shape index (κ3) is 8.46. The first-order valence-electron chi connectivity index (χ1n) is 14.2. The van der Waals surface area contributed by atoms with Crippen molar-refractivity contribution in [2.45, 2.75) is 32.1 Å². The van der Waals surface area contributed by atoms with Gasteiger partial charge in [-0.3, -0.25) is 24.2 Å². The van der Waals surface area contributed by atoms with Gasteiger partial charge in [-0.05, 0) is 79.9 Å². The molecule has 2 amide bonds. The molecule has 0 aliphatic heterocycles. The fraction of sp³-hybridized carbons (Fsp3) is 0.242. The van der Waals surface area contributed by atoms with E-state index in [0.29, 0.717) is 52.7 Å². The number of aliphatic carboxylic acids is 2. The quantitative estimate of drug-likeness (QED) is 0.138. The third-order valence-electron chi connectivity index (χ3n) is 7.05. The number of carboxylic acids is 2. The Morgan fingerprint density at radius 1 is 0.783 bits per heavy atom. The minimum absolute atomic E-state index is 0.0632. The molecule has 0 radical (unpaired) electrons. The van der Waals surface area contributed by atoms with Crippen LogP contribution in [0.15, 0.2) is 72.9 Å². The first-order valence-corrected chi connectivity index (χ1v) is 14.2. The summed E-state index contributed by atoms with van der Waals surface area (Å²) in [6.45, 7) is 0. The minimum Gasteiger partial charge on any atom is -0.493 e. The van der Waals surface area contributed by atoms with Crippen LogP contribution in [0.25, 0.3) is 10.9 Å². The summed E-state index contributed by atoms with van der Waals surface area (Å²) in [5.74, 6) is -0.834. The Bertz CT molecular complexity index is 1710. The Hall–Kier alpha value is -5.72. The van der Waals surface area contributed by atoms with Crippen LogP contribution >= 0.6 is 0 Å².